The molecular formula is C44H42O3. The van der Waals surface area contributed by atoms with Crippen LogP contribution in [-0.2, 0) is 12.8 Å². The molecule has 236 valence electrons. The lowest BCUT2D eigenvalue weighted by molar-refractivity contribution is 0.456. The van der Waals surface area contributed by atoms with Crippen LogP contribution in [0.2, 0.25) is 0 Å². The zero-order chi connectivity index (χ0) is 32.9. The average molecular weight is 619 g/mol. The van der Waals surface area contributed by atoms with Crippen molar-refractivity contribution >= 4 is 0 Å². The maximum Gasteiger partial charge on any atom is 0.122 e. The number of hydrogen-bond donors (Lipinski definition) is 3. The Morgan fingerprint density at radius 3 is 1.04 bits per heavy atom. The Morgan fingerprint density at radius 2 is 0.681 bits per heavy atom. The van der Waals surface area contributed by atoms with Crippen LogP contribution in [0.4, 0.5) is 0 Å². The first-order valence-corrected chi connectivity index (χ1v) is 16.4. The molecule has 0 saturated carbocycles. The van der Waals surface area contributed by atoms with E-state index in [0.29, 0.717) is 12.8 Å². The maximum absolute atomic E-state index is 11.8. The van der Waals surface area contributed by atoms with E-state index in [1.807, 2.05) is 66.7 Å². The summed E-state index contributed by atoms with van der Waals surface area (Å²) in [4.78, 5) is 0. The van der Waals surface area contributed by atoms with Crippen LogP contribution in [0.25, 0.3) is 0 Å². The molecule has 0 aliphatic carbocycles. The molecule has 0 saturated heterocycles. The monoisotopic (exact) mass is 618 g/mol. The molecule has 0 radical (unpaired) electrons. The molecule has 0 aromatic heterocycles. The van der Waals surface area contributed by atoms with E-state index in [4.69, 9.17) is 0 Å². The second kappa shape index (κ2) is 14.0. The van der Waals surface area contributed by atoms with Crippen LogP contribution < -0.4 is 0 Å². The van der Waals surface area contributed by atoms with E-state index in [1.165, 1.54) is 16.7 Å². The van der Waals surface area contributed by atoms with E-state index < -0.39 is 0 Å². The molecule has 0 spiro atoms. The minimum atomic E-state index is 0.0744. The first-order chi connectivity index (χ1) is 22.8. The predicted octanol–water partition coefficient (Wildman–Crippen LogP) is 10.4. The lowest BCUT2D eigenvalue weighted by atomic mass is 9.86. The largest absolute Gasteiger partial charge is 0.508 e. The van der Waals surface area contributed by atoms with Crippen molar-refractivity contribution in [3.63, 3.8) is 0 Å². The third-order valence-corrected chi connectivity index (χ3v) is 9.66. The highest BCUT2D eigenvalue weighted by atomic mass is 16.3. The van der Waals surface area contributed by atoms with E-state index >= 15 is 0 Å². The first kappa shape index (κ1) is 31.7. The lowest BCUT2D eigenvalue weighted by Gasteiger charge is -2.20. The van der Waals surface area contributed by atoms with Crippen LogP contribution in [0, 0.1) is 0 Å². The molecule has 0 amide bonds. The van der Waals surface area contributed by atoms with E-state index in [-0.39, 0.29) is 35.0 Å². The Labute approximate surface area is 278 Å². The Hall–Kier alpha value is -5.28. The Morgan fingerprint density at radius 1 is 0.362 bits per heavy atom. The molecule has 0 fully saturated rings. The van der Waals surface area contributed by atoms with Gasteiger partial charge in [0, 0.05) is 30.6 Å². The van der Waals surface area contributed by atoms with Crippen molar-refractivity contribution in [1.82, 2.24) is 0 Å². The van der Waals surface area contributed by atoms with E-state index in [2.05, 4.69) is 81.4 Å². The molecular weight excluding hydrogens is 576 g/mol. The Kier molecular flexibility index (Phi) is 9.45. The Bertz CT molecular complexity index is 1830. The highest BCUT2D eigenvalue weighted by Gasteiger charge is 2.20. The fraction of sp³-hybridized carbons (Fsp3) is 0.182. The first-order valence-electron chi connectivity index (χ1n) is 16.4. The lowest BCUT2D eigenvalue weighted by Crippen LogP contribution is -2.03. The molecule has 3 heteroatoms. The van der Waals surface area contributed by atoms with Crippen molar-refractivity contribution in [3.05, 3.63) is 195 Å². The summed E-state index contributed by atoms with van der Waals surface area (Å²) in [5.41, 5.74) is 9.88. The third-order valence-electron chi connectivity index (χ3n) is 9.66. The van der Waals surface area contributed by atoms with Gasteiger partial charge >= 0.3 is 0 Å². The van der Waals surface area contributed by atoms with Gasteiger partial charge in [0.1, 0.15) is 17.2 Å². The second-order valence-corrected chi connectivity index (χ2v) is 12.7. The number of phenolic OH excluding ortho intramolecular Hbond substituents is 3. The van der Waals surface area contributed by atoms with Gasteiger partial charge in [0.25, 0.3) is 0 Å². The minimum absolute atomic E-state index is 0.0744. The van der Waals surface area contributed by atoms with Gasteiger partial charge < -0.3 is 15.3 Å². The summed E-state index contributed by atoms with van der Waals surface area (Å²) in [6.07, 6.45) is 0.735. The topological polar surface area (TPSA) is 60.7 Å². The normalized spacial score (nSPS) is 13.2. The summed E-state index contributed by atoms with van der Waals surface area (Å²) in [5, 5.41) is 33.8. The van der Waals surface area contributed by atoms with Gasteiger partial charge in [-0.05, 0) is 67.8 Å². The summed E-state index contributed by atoms with van der Waals surface area (Å²) >= 11 is 0. The molecule has 6 rings (SSSR count). The summed E-state index contributed by atoms with van der Waals surface area (Å²) < 4.78 is 0. The van der Waals surface area contributed by atoms with Crippen molar-refractivity contribution in [2.45, 2.75) is 51.4 Å². The summed E-state index contributed by atoms with van der Waals surface area (Å²) in [6, 6.07) is 46.7. The van der Waals surface area contributed by atoms with E-state index in [9.17, 15) is 15.3 Å². The van der Waals surface area contributed by atoms with Gasteiger partial charge in [-0.1, -0.05) is 148 Å². The maximum atomic E-state index is 11.8. The molecule has 3 N–H and O–H groups in total. The zero-order valence-electron chi connectivity index (χ0n) is 27.3. The van der Waals surface area contributed by atoms with Gasteiger partial charge in [0.15, 0.2) is 0 Å². The highest BCUT2D eigenvalue weighted by Crippen LogP contribution is 2.38. The van der Waals surface area contributed by atoms with Crippen LogP contribution in [0.5, 0.6) is 17.2 Å². The smallest absolute Gasteiger partial charge is 0.122 e. The van der Waals surface area contributed by atoms with Gasteiger partial charge in [0.2, 0.25) is 0 Å². The number of phenols is 3. The summed E-state index contributed by atoms with van der Waals surface area (Å²) in [6.45, 7) is 6.51. The van der Waals surface area contributed by atoms with Crippen molar-refractivity contribution in [3.8, 4) is 17.2 Å². The quantitative estimate of drug-likeness (QED) is 0.143. The number of hydrogen-bond acceptors (Lipinski definition) is 3. The van der Waals surface area contributed by atoms with Crippen molar-refractivity contribution < 1.29 is 15.3 Å². The Balaban J connectivity index is 1.39. The molecule has 0 bridgehead atoms. The molecule has 0 aliphatic heterocycles. The molecule has 6 aromatic carbocycles. The molecule has 0 aliphatic rings. The molecule has 0 heterocycles. The summed E-state index contributed by atoms with van der Waals surface area (Å²) in [5.74, 6) is 0.977. The molecule has 6 aromatic rings. The molecule has 3 unspecified atom stereocenters. The number of benzene rings is 6. The van der Waals surface area contributed by atoms with E-state index in [0.717, 1.165) is 38.9 Å². The van der Waals surface area contributed by atoms with E-state index in [1.54, 1.807) is 12.1 Å². The van der Waals surface area contributed by atoms with Crippen LogP contribution in [0.1, 0.15) is 94.2 Å². The van der Waals surface area contributed by atoms with Crippen molar-refractivity contribution in [2.75, 3.05) is 0 Å². The fourth-order valence-corrected chi connectivity index (χ4v) is 6.55. The van der Waals surface area contributed by atoms with Crippen LogP contribution >= 0.6 is 0 Å². The molecule has 3 nitrogen and oxygen atoms in total. The van der Waals surface area contributed by atoms with Crippen molar-refractivity contribution in [1.29, 1.82) is 0 Å². The van der Waals surface area contributed by atoms with Crippen molar-refractivity contribution in [2.24, 2.45) is 0 Å². The molecule has 3 atom stereocenters. The predicted molar refractivity (Wildman–Crippen MR) is 192 cm³/mol. The summed E-state index contributed by atoms with van der Waals surface area (Å²) in [7, 11) is 0. The van der Waals surface area contributed by atoms with Gasteiger partial charge in [-0.15, -0.1) is 0 Å². The van der Waals surface area contributed by atoms with Gasteiger partial charge in [-0.25, -0.2) is 0 Å². The number of rotatable bonds is 10. The zero-order valence-corrected chi connectivity index (χ0v) is 27.3. The fourth-order valence-electron chi connectivity index (χ4n) is 6.55. The van der Waals surface area contributed by atoms with Gasteiger partial charge in [0.05, 0.1) is 0 Å². The van der Waals surface area contributed by atoms with Gasteiger partial charge in [-0.2, -0.15) is 0 Å². The highest BCUT2D eigenvalue weighted by molar-refractivity contribution is 5.53. The molecule has 47 heavy (non-hydrogen) atoms. The average Bonchev–Trinajstić information content (AvgIpc) is 3.11. The van der Waals surface area contributed by atoms with Crippen LogP contribution in [0.3, 0.4) is 0 Å². The van der Waals surface area contributed by atoms with Gasteiger partial charge in [-0.3, -0.25) is 0 Å². The number of aromatic hydroxyl groups is 3. The van der Waals surface area contributed by atoms with Crippen LogP contribution in [-0.4, -0.2) is 15.3 Å². The third kappa shape index (κ3) is 7.10. The second-order valence-electron chi connectivity index (χ2n) is 12.7. The minimum Gasteiger partial charge on any atom is -0.508 e. The van der Waals surface area contributed by atoms with Crippen LogP contribution in [0.15, 0.2) is 140 Å². The SMILES string of the molecule is CC(c1ccccc1)c1ccc(O)c(Cc2cc(C(C)c3ccccc3)cc(Cc3cc(C(C)c4ccccc4)ccc3O)c2O)c1. The standard InChI is InChI=1S/C44H42O3/c1-29(32-13-7-4-8-14-32)35-19-21-42(45)38(23-35)27-40-25-37(31(3)34-17-11-6-12-18-34)26-41(44(40)47)28-39-24-36(20-22-43(39)46)30(2)33-15-9-5-10-16-33/h4-26,29-31,45-47H,27-28H2,1-3H3.